The summed E-state index contributed by atoms with van der Waals surface area (Å²) in [6.45, 7) is 0.896. The molecule has 1 fully saturated rings. The zero-order chi connectivity index (χ0) is 20.4. The molecule has 0 aliphatic carbocycles. The first-order valence-corrected chi connectivity index (χ1v) is 9.36. The number of rotatable bonds is 5. The number of methoxy groups -OCH3 is 3. The maximum absolute atomic E-state index is 13.3. The van der Waals surface area contributed by atoms with E-state index in [1.54, 1.807) is 17.0 Å². The fourth-order valence-electron chi connectivity index (χ4n) is 3.63. The summed E-state index contributed by atoms with van der Waals surface area (Å²) >= 11 is 0. The number of likely N-dealkylation sites (tertiary alicyclic amines) is 1. The quantitative estimate of drug-likeness (QED) is 0.766. The van der Waals surface area contributed by atoms with Crippen LogP contribution in [0, 0.1) is 0 Å². The molecule has 0 spiro atoms. The molecule has 2 aliphatic heterocycles. The molecule has 2 aliphatic rings. The van der Waals surface area contributed by atoms with Crippen LogP contribution in [0.1, 0.15) is 28.8 Å². The summed E-state index contributed by atoms with van der Waals surface area (Å²) < 4.78 is 26.9. The minimum atomic E-state index is -0.103. The molecule has 1 saturated heterocycles. The predicted molar refractivity (Wildman–Crippen MR) is 107 cm³/mol. The summed E-state index contributed by atoms with van der Waals surface area (Å²) in [5.74, 6) is 2.73. The highest BCUT2D eigenvalue weighted by atomic mass is 16.7. The van der Waals surface area contributed by atoms with Gasteiger partial charge in [-0.25, -0.2) is 0 Å². The van der Waals surface area contributed by atoms with E-state index in [0.717, 1.165) is 35.6 Å². The molecule has 7 heteroatoms. The molecule has 0 atom stereocenters. The largest absolute Gasteiger partial charge is 0.493 e. The van der Waals surface area contributed by atoms with Gasteiger partial charge in [0.1, 0.15) is 0 Å². The van der Waals surface area contributed by atoms with Crippen LogP contribution in [0.25, 0.3) is 6.08 Å². The van der Waals surface area contributed by atoms with Crippen molar-refractivity contribution in [1.82, 2.24) is 4.90 Å². The molecule has 2 aromatic rings. The van der Waals surface area contributed by atoms with E-state index in [9.17, 15) is 4.79 Å². The van der Waals surface area contributed by atoms with Crippen molar-refractivity contribution >= 4 is 12.0 Å². The van der Waals surface area contributed by atoms with Crippen LogP contribution in [0.15, 0.2) is 36.0 Å². The second-order valence-corrected chi connectivity index (χ2v) is 6.72. The SMILES string of the molecule is COc1cc(C(=O)N2CCC/C2=C/c2ccc3c(c2)OCO3)cc(OC)c1OC. The van der Waals surface area contributed by atoms with Gasteiger partial charge in [-0.05, 0) is 48.7 Å². The van der Waals surface area contributed by atoms with E-state index in [1.807, 2.05) is 24.3 Å². The van der Waals surface area contributed by atoms with Crippen molar-refractivity contribution in [2.75, 3.05) is 34.7 Å². The number of hydrogen-bond acceptors (Lipinski definition) is 6. The van der Waals surface area contributed by atoms with Gasteiger partial charge in [-0.2, -0.15) is 0 Å². The Labute approximate surface area is 169 Å². The first kappa shape index (κ1) is 19.0. The maximum Gasteiger partial charge on any atom is 0.258 e. The average molecular weight is 397 g/mol. The fourth-order valence-corrected chi connectivity index (χ4v) is 3.63. The van der Waals surface area contributed by atoms with Crippen molar-refractivity contribution in [1.29, 1.82) is 0 Å². The summed E-state index contributed by atoms with van der Waals surface area (Å²) in [6.07, 6.45) is 3.75. The number of nitrogens with zero attached hydrogens (tertiary/aromatic N) is 1. The Morgan fingerprint density at radius 1 is 1.00 bits per heavy atom. The monoisotopic (exact) mass is 397 g/mol. The Kier molecular flexibility index (Phi) is 5.20. The molecular formula is C22H23NO6. The number of fused-ring (bicyclic) bond motifs is 1. The Bertz CT molecular complexity index is 943. The van der Waals surface area contributed by atoms with Crippen LogP contribution in [-0.2, 0) is 0 Å². The third-order valence-corrected chi connectivity index (χ3v) is 5.05. The van der Waals surface area contributed by atoms with Gasteiger partial charge >= 0.3 is 0 Å². The molecular weight excluding hydrogens is 374 g/mol. The highest BCUT2D eigenvalue weighted by Crippen LogP contribution is 2.39. The smallest absolute Gasteiger partial charge is 0.258 e. The topological polar surface area (TPSA) is 66.5 Å². The van der Waals surface area contributed by atoms with Crippen molar-refractivity contribution in [3.8, 4) is 28.7 Å². The Hall–Kier alpha value is -3.35. The summed E-state index contributed by atoms with van der Waals surface area (Å²) in [5.41, 5.74) is 2.41. The number of benzene rings is 2. The van der Waals surface area contributed by atoms with Gasteiger partial charge < -0.3 is 28.6 Å². The molecule has 0 unspecified atom stereocenters. The average Bonchev–Trinajstić information content (AvgIpc) is 3.41. The molecule has 7 nitrogen and oxygen atoms in total. The lowest BCUT2D eigenvalue weighted by molar-refractivity contribution is 0.0825. The van der Waals surface area contributed by atoms with Crippen molar-refractivity contribution in [3.05, 3.63) is 47.2 Å². The first-order valence-electron chi connectivity index (χ1n) is 9.36. The second-order valence-electron chi connectivity index (χ2n) is 6.72. The number of allylic oxidation sites excluding steroid dienone is 1. The molecule has 0 saturated carbocycles. The Balaban J connectivity index is 1.64. The molecule has 2 aromatic carbocycles. The van der Waals surface area contributed by atoms with Crippen LogP contribution in [0.2, 0.25) is 0 Å². The fraction of sp³-hybridized carbons (Fsp3) is 0.318. The summed E-state index contributed by atoms with van der Waals surface area (Å²) in [4.78, 5) is 15.1. The molecule has 2 heterocycles. The number of amides is 1. The van der Waals surface area contributed by atoms with Crippen molar-refractivity contribution in [2.24, 2.45) is 0 Å². The number of carbonyl (C=O) groups excluding carboxylic acids is 1. The van der Waals surface area contributed by atoms with Gasteiger partial charge in [0.25, 0.3) is 5.91 Å². The van der Waals surface area contributed by atoms with Crippen LogP contribution in [0.5, 0.6) is 28.7 Å². The summed E-state index contributed by atoms with van der Waals surface area (Å²) in [5, 5.41) is 0. The van der Waals surface area contributed by atoms with E-state index >= 15 is 0 Å². The minimum Gasteiger partial charge on any atom is -0.493 e. The minimum absolute atomic E-state index is 0.103. The third kappa shape index (κ3) is 3.55. The van der Waals surface area contributed by atoms with Crippen LogP contribution in [0.4, 0.5) is 0 Å². The standard InChI is InChI=1S/C22H23NO6/c1-25-19-11-15(12-20(26-2)21(19)27-3)22(24)23-8-4-5-16(23)9-14-6-7-17-18(10-14)29-13-28-17/h6-7,9-12H,4-5,8,13H2,1-3H3/b16-9-. The maximum atomic E-state index is 13.3. The molecule has 4 rings (SSSR count). The van der Waals surface area contributed by atoms with Crippen LogP contribution < -0.4 is 23.7 Å². The van der Waals surface area contributed by atoms with E-state index < -0.39 is 0 Å². The van der Waals surface area contributed by atoms with Gasteiger partial charge in [0.2, 0.25) is 12.5 Å². The van der Waals surface area contributed by atoms with Gasteiger partial charge in [0.05, 0.1) is 21.3 Å². The first-order chi connectivity index (χ1) is 14.1. The molecule has 0 N–H and O–H groups in total. The normalized spacial score (nSPS) is 16.2. The zero-order valence-electron chi connectivity index (χ0n) is 16.7. The van der Waals surface area contributed by atoms with Gasteiger partial charge in [0, 0.05) is 17.8 Å². The van der Waals surface area contributed by atoms with E-state index in [1.165, 1.54) is 21.3 Å². The second kappa shape index (κ2) is 7.95. The van der Waals surface area contributed by atoms with E-state index in [-0.39, 0.29) is 12.7 Å². The van der Waals surface area contributed by atoms with Crippen molar-refractivity contribution in [3.63, 3.8) is 0 Å². The van der Waals surface area contributed by atoms with Crippen molar-refractivity contribution < 1.29 is 28.5 Å². The van der Waals surface area contributed by atoms with E-state index in [4.69, 9.17) is 23.7 Å². The lowest BCUT2D eigenvalue weighted by Crippen LogP contribution is -2.26. The molecule has 29 heavy (non-hydrogen) atoms. The highest BCUT2D eigenvalue weighted by molar-refractivity contribution is 5.97. The van der Waals surface area contributed by atoms with Crippen LogP contribution >= 0.6 is 0 Å². The van der Waals surface area contributed by atoms with E-state index in [0.29, 0.717) is 29.4 Å². The zero-order valence-corrected chi connectivity index (χ0v) is 16.7. The molecule has 0 aromatic heterocycles. The van der Waals surface area contributed by atoms with Crippen LogP contribution in [0.3, 0.4) is 0 Å². The molecule has 152 valence electrons. The third-order valence-electron chi connectivity index (χ3n) is 5.05. The number of hydrogen-bond donors (Lipinski definition) is 0. The summed E-state index contributed by atoms with van der Waals surface area (Å²) in [7, 11) is 4.60. The highest BCUT2D eigenvalue weighted by Gasteiger charge is 2.27. The summed E-state index contributed by atoms with van der Waals surface area (Å²) in [6, 6.07) is 9.13. The van der Waals surface area contributed by atoms with Gasteiger partial charge in [-0.1, -0.05) is 6.07 Å². The number of ether oxygens (including phenoxy) is 5. The molecule has 1 amide bonds. The van der Waals surface area contributed by atoms with Crippen molar-refractivity contribution in [2.45, 2.75) is 12.8 Å². The number of carbonyl (C=O) groups is 1. The van der Waals surface area contributed by atoms with Gasteiger partial charge in [-0.3, -0.25) is 4.79 Å². The lowest BCUT2D eigenvalue weighted by Gasteiger charge is -2.20. The molecule has 0 bridgehead atoms. The van der Waals surface area contributed by atoms with Crippen LogP contribution in [-0.4, -0.2) is 45.5 Å². The molecule has 0 radical (unpaired) electrons. The lowest BCUT2D eigenvalue weighted by atomic mass is 10.1. The van der Waals surface area contributed by atoms with Gasteiger partial charge in [0.15, 0.2) is 23.0 Å². The Morgan fingerprint density at radius 2 is 1.72 bits per heavy atom. The van der Waals surface area contributed by atoms with E-state index in [2.05, 4.69) is 0 Å². The Morgan fingerprint density at radius 3 is 2.41 bits per heavy atom. The van der Waals surface area contributed by atoms with Gasteiger partial charge in [-0.15, -0.1) is 0 Å². The predicted octanol–water partition coefficient (Wildman–Crippen LogP) is 3.72.